The molecular formula is C14H16Cl2N2. The Kier molecular flexibility index (Phi) is 3.60. The van der Waals surface area contributed by atoms with Gasteiger partial charge in [0.25, 0.3) is 0 Å². The lowest BCUT2D eigenvalue weighted by molar-refractivity contribution is 0.279. The Labute approximate surface area is 117 Å². The molecular weight excluding hydrogens is 267 g/mol. The summed E-state index contributed by atoms with van der Waals surface area (Å²) in [5.74, 6) is 1.52. The second-order valence-electron chi connectivity index (χ2n) is 5.14. The smallest absolute Gasteiger partial charge is 0.147 e. The Bertz CT molecular complexity index is 485. The van der Waals surface area contributed by atoms with E-state index < -0.39 is 0 Å². The van der Waals surface area contributed by atoms with Crippen LogP contribution in [0.3, 0.4) is 0 Å². The summed E-state index contributed by atoms with van der Waals surface area (Å²) in [5.41, 5.74) is 2.49. The van der Waals surface area contributed by atoms with Crippen molar-refractivity contribution in [1.82, 2.24) is 10.3 Å². The lowest BCUT2D eigenvalue weighted by atomic mass is 9.76. The first kappa shape index (κ1) is 12.5. The normalized spacial score (nSPS) is 27.6. The fourth-order valence-corrected chi connectivity index (χ4v) is 3.28. The number of aromatic nitrogens is 1. The predicted octanol–water partition coefficient (Wildman–Crippen LogP) is 3.79. The zero-order valence-electron chi connectivity index (χ0n) is 10.1. The van der Waals surface area contributed by atoms with Gasteiger partial charge in [-0.05, 0) is 54.8 Å². The Morgan fingerprint density at radius 2 is 2.17 bits per heavy atom. The lowest BCUT2D eigenvalue weighted by Crippen LogP contribution is -2.37. The van der Waals surface area contributed by atoms with Gasteiger partial charge in [-0.2, -0.15) is 0 Å². The minimum Gasteiger partial charge on any atom is -0.316 e. The Balaban J connectivity index is 1.87. The minimum atomic E-state index is 0.383. The number of rotatable bonds is 1. The van der Waals surface area contributed by atoms with Crippen LogP contribution in [-0.4, -0.2) is 18.1 Å². The van der Waals surface area contributed by atoms with Crippen LogP contribution in [0.1, 0.15) is 24.8 Å². The number of nitrogens with zero attached hydrogens (tertiary/aromatic N) is 1. The van der Waals surface area contributed by atoms with Crippen molar-refractivity contribution in [3.63, 3.8) is 0 Å². The topological polar surface area (TPSA) is 24.9 Å². The number of allylic oxidation sites excluding steroid dienone is 1. The van der Waals surface area contributed by atoms with Crippen LogP contribution >= 0.6 is 23.2 Å². The molecule has 2 aliphatic rings. The highest BCUT2D eigenvalue weighted by Gasteiger charge is 2.27. The highest BCUT2D eigenvalue weighted by Crippen LogP contribution is 2.37. The summed E-state index contributed by atoms with van der Waals surface area (Å²) in [6.45, 7) is 2.27. The molecule has 0 bridgehead atoms. The Hall–Kier alpha value is -0.570. The zero-order chi connectivity index (χ0) is 12.5. The van der Waals surface area contributed by atoms with E-state index in [1.807, 2.05) is 12.3 Å². The molecule has 1 fully saturated rings. The molecule has 1 N–H and O–H groups in total. The van der Waals surface area contributed by atoms with Crippen molar-refractivity contribution < 1.29 is 0 Å². The third kappa shape index (κ3) is 2.42. The molecule has 0 unspecified atom stereocenters. The number of piperidine rings is 1. The van der Waals surface area contributed by atoms with Crippen LogP contribution in [0, 0.1) is 11.8 Å². The molecule has 2 heterocycles. The van der Waals surface area contributed by atoms with E-state index in [2.05, 4.69) is 16.4 Å². The van der Waals surface area contributed by atoms with E-state index in [0.29, 0.717) is 16.1 Å². The molecule has 1 aliphatic carbocycles. The van der Waals surface area contributed by atoms with E-state index in [4.69, 9.17) is 23.2 Å². The molecule has 0 spiro atoms. The van der Waals surface area contributed by atoms with Crippen molar-refractivity contribution in [3.8, 4) is 0 Å². The van der Waals surface area contributed by atoms with Crippen molar-refractivity contribution in [2.45, 2.75) is 19.3 Å². The molecule has 1 aromatic heterocycles. The fourth-order valence-electron chi connectivity index (χ4n) is 3.01. The molecule has 1 aliphatic heterocycles. The number of hydrogen-bond donors (Lipinski definition) is 1. The first-order chi connectivity index (χ1) is 8.74. The zero-order valence-corrected chi connectivity index (χ0v) is 11.6. The van der Waals surface area contributed by atoms with Gasteiger partial charge in [-0.1, -0.05) is 29.3 Å². The molecule has 0 radical (unpaired) electrons. The highest BCUT2D eigenvalue weighted by molar-refractivity contribution is 6.41. The summed E-state index contributed by atoms with van der Waals surface area (Å²) >= 11 is 11.9. The van der Waals surface area contributed by atoms with Crippen LogP contribution in [0.4, 0.5) is 0 Å². The van der Waals surface area contributed by atoms with E-state index in [0.717, 1.165) is 24.4 Å². The second-order valence-corrected chi connectivity index (χ2v) is 5.91. The molecule has 2 nitrogen and oxygen atoms in total. The molecule has 18 heavy (non-hydrogen) atoms. The molecule has 0 amide bonds. The second kappa shape index (κ2) is 5.20. The summed E-state index contributed by atoms with van der Waals surface area (Å²) in [6.07, 6.45) is 7.94. The third-order valence-corrected chi connectivity index (χ3v) is 4.73. The van der Waals surface area contributed by atoms with Gasteiger partial charge >= 0.3 is 0 Å². The quantitative estimate of drug-likeness (QED) is 0.793. The summed E-state index contributed by atoms with van der Waals surface area (Å²) in [5, 5.41) is 4.39. The minimum absolute atomic E-state index is 0.383. The number of nitrogens with one attached hydrogen (secondary N) is 1. The number of pyridine rings is 1. The SMILES string of the molecule is Clc1cc(C2=C[C@@H]3CNCC[C@@H]3CC2)cnc1Cl. The van der Waals surface area contributed by atoms with Crippen LogP contribution in [0.2, 0.25) is 10.2 Å². The first-order valence-corrected chi connectivity index (χ1v) is 7.22. The lowest BCUT2D eigenvalue weighted by Gasteiger charge is -2.34. The molecule has 0 aromatic carbocycles. The van der Waals surface area contributed by atoms with Crippen LogP contribution in [0.15, 0.2) is 18.3 Å². The van der Waals surface area contributed by atoms with Gasteiger partial charge in [-0.3, -0.25) is 0 Å². The monoisotopic (exact) mass is 282 g/mol. The fraction of sp³-hybridized carbons (Fsp3) is 0.500. The van der Waals surface area contributed by atoms with Gasteiger partial charge in [0, 0.05) is 12.7 Å². The number of fused-ring (bicyclic) bond motifs is 1. The largest absolute Gasteiger partial charge is 0.316 e. The molecule has 96 valence electrons. The highest BCUT2D eigenvalue weighted by atomic mass is 35.5. The van der Waals surface area contributed by atoms with Crippen molar-refractivity contribution in [1.29, 1.82) is 0 Å². The van der Waals surface area contributed by atoms with Crippen LogP contribution in [0.25, 0.3) is 5.57 Å². The molecule has 4 heteroatoms. The van der Waals surface area contributed by atoms with Gasteiger partial charge in [0.15, 0.2) is 0 Å². The average molecular weight is 283 g/mol. The van der Waals surface area contributed by atoms with Gasteiger partial charge in [-0.15, -0.1) is 0 Å². The maximum atomic E-state index is 6.04. The summed E-state index contributed by atoms with van der Waals surface area (Å²) in [4.78, 5) is 4.13. The average Bonchev–Trinajstić information content (AvgIpc) is 2.41. The first-order valence-electron chi connectivity index (χ1n) is 6.47. The maximum Gasteiger partial charge on any atom is 0.147 e. The van der Waals surface area contributed by atoms with E-state index in [1.165, 1.54) is 25.0 Å². The molecule has 1 aromatic rings. The summed E-state index contributed by atoms with van der Waals surface area (Å²) in [7, 11) is 0. The number of halogens is 2. The van der Waals surface area contributed by atoms with Gasteiger partial charge in [-0.25, -0.2) is 4.98 Å². The molecule has 3 rings (SSSR count). The predicted molar refractivity (Wildman–Crippen MR) is 75.9 cm³/mol. The van der Waals surface area contributed by atoms with E-state index in [9.17, 15) is 0 Å². The van der Waals surface area contributed by atoms with E-state index >= 15 is 0 Å². The number of hydrogen-bond acceptors (Lipinski definition) is 2. The Morgan fingerprint density at radius 3 is 3.00 bits per heavy atom. The third-order valence-electron chi connectivity index (χ3n) is 4.04. The van der Waals surface area contributed by atoms with Gasteiger partial charge in [0.1, 0.15) is 5.15 Å². The van der Waals surface area contributed by atoms with Crippen molar-refractivity contribution in [2.24, 2.45) is 11.8 Å². The Morgan fingerprint density at radius 1 is 1.28 bits per heavy atom. The van der Waals surface area contributed by atoms with Crippen LogP contribution in [-0.2, 0) is 0 Å². The maximum absolute atomic E-state index is 6.04. The van der Waals surface area contributed by atoms with Gasteiger partial charge in [0.05, 0.1) is 5.02 Å². The summed E-state index contributed by atoms with van der Waals surface area (Å²) < 4.78 is 0. The van der Waals surface area contributed by atoms with E-state index in [1.54, 1.807) is 0 Å². The van der Waals surface area contributed by atoms with Gasteiger partial charge < -0.3 is 5.32 Å². The molecule has 1 saturated heterocycles. The van der Waals surface area contributed by atoms with Crippen LogP contribution in [0.5, 0.6) is 0 Å². The molecule has 0 saturated carbocycles. The summed E-state index contributed by atoms with van der Waals surface area (Å²) in [6, 6.07) is 1.93. The van der Waals surface area contributed by atoms with Gasteiger partial charge in [0.2, 0.25) is 0 Å². The van der Waals surface area contributed by atoms with Crippen LogP contribution < -0.4 is 5.32 Å². The van der Waals surface area contributed by atoms with Crippen molar-refractivity contribution >= 4 is 28.8 Å². The molecule has 2 atom stereocenters. The van der Waals surface area contributed by atoms with Crippen molar-refractivity contribution in [3.05, 3.63) is 34.1 Å². The van der Waals surface area contributed by atoms with E-state index in [-0.39, 0.29) is 0 Å². The van der Waals surface area contributed by atoms with Crippen molar-refractivity contribution in [2.75, 3.05) is 13.1 Å². The standard InChI is InChI=1S/C14H16Cl2N2/c15-13-6-12(8-18-14(13)16)10-2-1-9-3-4-17-7-11(9)5-10/h5-6,8-9,11,17H,1-4,7H2/t9-,11+/m0/s1.